The van der Waals surface area contributed by atoms with Gasteiger partial charge in [0.2, 0.25) is 0 Å². The van der Waals surface area contributed by atoms with Gasteiger partial charge in [-0.15, -0.1) is 0 Å². The van der Waals surface area contributed by atoms with Crippen molar-refractivity contribution in [3.8, 4) is 22.6 Å². The van der Waals surface area contributed by atoms with E-state index in [4.69, 9.17) is 10.5 Å². The molecule has 3 heteroatoms. The number of anilines is 1. The molecular weight excluding hydrogens is 214 g/mol. The molecule has 0 saturated carbocycles. The van der Waals surface area contributed by atoms with Gasteiger partial charge in [-0.2, -0.15) is 0 Å². The molecule has 3 nitrogen and oxygen atoms in total. The second-order valence-corrected chi connectivity index (χ2v) is 3.73. The van der Waals surface area contributed by atoms with Crippen molar-refractivity contribution in [2.75, 3.05) is 12.3 Å². The fraction of sp³-hybridized carbons (Fsp3) is 0.143. The zero-order valence-electron chi connectivity index (χ0n) is 9.68. The lowest BCUT2D eigenvalue weighted by atomic mass is 10.0. The summed E-state index contributed by atoms with van der Waals surface area (Å²) in [6, 6.07) is 12.7. The minimum Gasteiger partial charge on any atom is -0.508 e. The summed E-state index contributed by atoms with van der Waals surface area (Å²) in [4.78, 5) is 0. The lowest BCUT2D eigenvalue weighted by Gasteiger charge is -2.08. The Bertz CT molecular complexity index is 523. The largest absolute Gasteiger partial charge is 0.508 e. The van der Waals surface area contributed by atoms with Crippen LogP contribution in [-0.2, 0) is 0 Å². The first-order valence-corrected chi connectivity index (χ1v) is 5.52. The number of rotatable bonds is 3. The highest BCUT2D eigenvalue weighted by Gasteiger charge is 2.04. The first-order chi connectivity index (χ1) is 8.20. The fourth-order valence-corrected chi connectivity index (χ4v) is 1.73. The molecule has 0 amide bonds. The van der Waals surface area contributed by atoms with Gasteiger partial charge in [0.05, 0.1) is 6.61 Å². The van der Waals surface area contributed by atoms with Crippen LogP contribution in [0.25, 0.3) is 11.1 Å². The fourth-order valence-electron chi connectivity index (χ4n) is 1.73. The van der Waals surface area contributed by atoms with E-state index in [0.29, 0.717) is 12.3 Å². The third kappa shape index (κ3) is 2.50. The molecule has 0 spiro atoms. The van der Waals surface area contributed by atoms with Crippen LogP contribution >= 0.6 is 0 Å². The van der Waals surface area contributed by atoms with Crippen LogP contribution in [0.4, 0.5) is 5.69 Å². The monoisotopic (exact) mass is 229 g/mol. The number of phenols is 1. The van der Waals surface area contributed by atoms with Gasteiger partial charge in [0.25, 0.3) is 0 Å². The van der Waals surface area contributed by atoms with Crippen LogP contribution in [0.5, 0.6) is 11.5 Å². The van der Waals surface area contributed by atoms with Gasteiger partial charge >= 0.3 is 0 Å². The highest BCUT2D eigenvalue weighted by atomic mass is 16.5. The molecular formula is C14H15NO2. The number of nitrogen functional groups attached to an aromatic ring is 1. The molecule has 3 N–H and O–H groups in total. The minimum absolute atomic E-state index is 0.173. The van der Waals surface area contributed by atoms with E-state index in [1.54, 1.807) is 18.2 Å². The normalized spacial score (nSPS) is 10.2. The molecule has 2 aromatic carbocycles. The maximum absolute atomic E-state index is 9.32. The average molecular weight is 229 g/mol. The highest BCUT2D eigenvalue weighted by Crippen LogP contribution is 2.30. The third-order valence-electron chi connectivity index (χ3n) is 2.49. The van der Waals surface area contributed by atoms with Gasteiger partial charge in [-0.3, -0.25) is 0 Å². The molecule has 0 aliphatic carbocycles. The Morgan fingerprint density at radius 1 is 1.18 bits per heavy atom. The summed E-state index contributed by atoms with van der Waals surface area (Å²) >= 11 is 0. The number of hydrogen-bond donors (Lipinski definition) is 2. The van der Waals surface area contributed by atoms with Gasteiger partial charge in [-0.05, 0) is 36.8 Å². The van der Waals surface area contributed by atoms with Crippen molar-refractivity contribution in [2.45, 2.75) is 6.92 Å². The summed E-state index contributed by atoms with van der Waals surface area (Å²) < 4.78 is 5.44. The van der Waals surface area contributed by atoms with Crippen molar-refractivity contribution >= 4 is 5.69 Å². The number of ether oxygens (including phenoxy) is 1. The molecule has 0 atom stereocenters. The number of hydrogen-bond acceptors (Lipinski definition) is 3. The summed E-state index contributed by atoms with van der Waals surface area (Å²) in [5.74, 6) is 0.990. The Morgan fingerprint density at radius 3 is 2.71 bits per heavy atom. The molecule has 17 heavy (non-hydrogen) atoms. The van der Waals surface area contributed by atoms with E-state index < -0.39 is 0 Å². The number of aromatic hydroxyl groups is 1. The van der Waals surface area contributed by atoms with Crippen LogP contribution in [-0.4, -0.2) is 11.7 Å². The quantitative estimate of drug-likeness (QED) is 0.795. The van der Waals surface area contributed by atoms with E-state index in [0.717, 1.165) is 16.9 Å². The molecule has 0 heterocycles. The Balaban J connectivity index is 2.42. The van der Waals surface area contributed by atoms with Crippen molar-refractivity contribution < 1.29 is 9.84 Å². The van der Waals surface area contributed by atoms with Gasteiger partial charge in [0.15, 0.2) is 0 Å². The van der Waals surface area contributed by atoms with Crippen LogP contribution in [0.15, 0.2) is 42.5 Å². The van der Waals surface area contributed by atoms with Gasteiger partial charge in [-0.25, -0.2) is 0 Å². The van der Waals surface area contributed by atoms with Crippen LogP contribution in [0.3, 0.4) is 0 Å². The predicted octanol–water partition coefficient (Wildman–Crippen LogP) is 3.04. The van der Waals surface area contributed by atoms with Crippen molar-refractivity contribution in [1.29, 1.82) is 0 Å². The van der Waals surface area contributed by atoms with Crippen LogP contribution < -0.4 is 10.5 Å². The maximum Gasteiger partial charge on any atom is 0.119 e. The Kier molecular flexibility index (Phi) is 3.19. The van der Waals surface area contributed by atoms with Gasteiger partial charge in [0.1, 0.15) is 11.5 Å². The van der Waals surface area contributed by atoms with Crippen molar-refractivity contribution in [2.24, 2.45) is 0 Å². The number of benzene rings is 2. The van der Waals surface area contributed by atoms with Gasteiger partial charge in [-0.1, -0.05) is 12.1 Å². The molecule has 0 unspecified atom stereocenters. The highest BCUT2D eigenvalue weighted by molar-refractivity contribution is 5.78. The number of phenolic OH excluding ortho intramolecular Hbond substituents is 1. The summed E-state index contributed by atoms with van der Waals surface area (Å²) in [5, 5.41) is 9.32. The van der Waals surface area contributed by atoms with E-state index in [9.17, 15) is 5.11 Å². The molecule has 0 radical (unpaired) electrons. The van der Waals surface area contributed by atoms with Crippen LogP contribution in [0, 0.1) is 0 Å². The second kappa shape index (κ2) is 4.78. The summed E-state index contributed by atoms with van der Waals surface area (Å²) in [6.07, 6.45) is 0. The average Bonchev–Trinajstić information content (AvgIpc) is 2.29. The topological polar surface area (TPSA) is 55.5 Å². The Hall–Kier alpha value is -2.16. The van der Waals surface area contributed by atoms with Crippen molar-refractivity contribution in [3.05, 3.63) is 42.5 Å². The molecule has 0 aliphatic heterocycles. The molecule has 88 valence electrons. The first kappa shape index (κ1) is 11.3. The smallest absolute Gasteiger partial charge is 0.119 e. The van der Waals surface area contributed by atoms with E-state index in [1.807, 2.05) is 31.2 Å². The van der Waals surface area contributed by atoms with Crippen LogP contribution in [0.1, 0.15) is 6.92 Å². The minimum atomic E-state index is 0.173. The summed E-state index contributed by atoms with van der Waals surface area (Å²) in [5.41, 5.74) is 8.30. The summed E-state index contributed by atoms with van der Waals surface area (Å²) in [6.45, 7) is 2.58. The second-order valence-electron chi connectivity index (χ2n) is 3.73. The molecule has 2 aromatic rings. The molecule has 0 saturated heterocycles. The molecule has 0 bridgehead atoms. The van der Waals surface area contributed by atoms with E-state index in [1.165, 1.54) is 0 Å². The zero-order valence-corrected chi connectivity index (χ0v) is 9.68. The lowest BCUT2D eigenvalue weighted by Crippen LogP contribution is -1.93. The molecule has 0 aliphatic rings. The van der Waals surface area contributed by atoms with Crippen LogP contribution in [0.2, 0.25) is 0 Å². The SMILES string of the molecule is CCOc1cccc(-c2ccc(O)cc2N)c1. The third-order valence-corrected chi connectivity index (χ3v) is 2.49. The Labute approximate surface area is 100 Å². The maximum atomic E-state index is 9.32. The van der Waals surface area contributed by atoms with E-state index >= 15 is 0 Å². The first-order valence-electron chi connectivity index (χ1n) is 5.52. The van der Waals surface area contributed by atoms with Gasteiger partial charge in [0, 0.05) is 17.3 Å². The molecule has 2 rings (SSSR count). The van der Waals surface area contributed by atoms with Gasteiger partial charge < -0.3 is 15.6 Å². The number of nitrogens with two attached hydrogens (primary N) is 1. The van der Waals surface area contributed by atoms with E-state index in [2.05, 4.69) is 0 Å². The zero-order chi connectivity index (χ0) is 12.3. The van der Waals surface area contributed by atoms with Crippen molar-refractivity contribution in [1.82, 2.24) is 0 Å². The Morgan fingerprint density at radius 2 is 2.00 bits per heavy atom. The predicted molar refractivity (Wildman–Crippen MR) is 69.1 cm³/mol. The summed E-state index contributed by atoms with van der Waals surface area (Å²) in [7, 11) is 0. The van der Waals surface area contributed by atoms with E-state index in [-0.39, 0.29) is 5.75 Å². The molecule has 0 aromatic heterocycles. The van der Waals surface area contributed by atoms with Crippen molar-refractivity contribution in [3.63, 3.8) is 0 Å². The standard InChI is InChI=1S/C14H15NO2/c1-2-17-12-5-3-4-10(8-12)13-7-6-11(16)9-14(13)15/h3-9,16H,2,15H2,1H3. The molecule has 0 fully saturated rings. The lowest BCUT2D eigenvalue weighted by molar-refractivity contribution is 0.340.